The van der Waals surface area contributed by atoms with E-state index in [2.05, 4.69) is 36.1 Å². The monoisotopic (exact) mass is 275 g/mol. The lowest BCUT2D eigenvalue weighted by Crippen LogP contribution is -2.38. The number of piperidine rings is 1. The van der Waals surface area contributed by atoms with Gasteiger partial charge in [0.05, 0.1) is 0 Å². The Morgan fingerprint density at radius 1 is 1.20 bits per heavy atom. The van der Waals surface area contributed by atoms with Crippen molar-refractivity contribution < 1.29 is 0 Å². The summed E-state index contributed by atoms with van der Waals surface area (Å²) >= 11 is 0. The minimum Gasteiger partial charge on any atom is -0.356 e. The summed E-state index contributed by atoms with van der Waals surface area (Å²) < 4.78 is 0. The van der Waals surface area contributed by atoms with Crippen LogP contribution in [0.1, 0.15) is 56.8 Å². The van der Waals surface area contributed by atoms with Crippen LogP contribution in [0.25, 0.3) is 0 Å². The standard InChI is InChI=1S/C15H25N5/c1-10-12(19-16)17-13(11-4-5-11)18-14(10)20-8-6-15(2,3)7-9-20/h11H,4-9,16H2,1-3H3,(H,17,18,19). The molecule has 1 aromatic heterocycles. The lowest BCUT2D eigenvalue weighted by Gasteiger charge is -2.38. The Balaban J connectivity index is 1.90. The Bertz CT molecular complexity index is 497. The van der Waals surface area contributed by atoms with Gasteiger partial charge in [-0.1, -0.05) is 13.8 Å². The number of aromatic nitrogens is 2. The molecule has 0 spiro atoms. The van der Waals surface area contributed by atoms with Crippen LogP contribution in [0.2, 0.25) is 0 Å². The topological polar surface area (TPSA) is 67.1 Å². The molecule has 0 unspecified atom stereocenters. The van der Waals surface area contributed by atoms with Crippen molar-refractivity contribution in [2.45, 2.75) is 52.4 Å². The SMILES string of the molecule is Cc1c(NN)nc(C2CC2)nc1N1CCC(C)(C)CC1. The fraction of sp³-hybridized carbons (Fsp3) is 0.733. The van der Waals surface area contributed by atoms with Gasteiger partial charge in [0, 0.05) is 24.6 Å². The van der Waals surface area contributed by atoms with Gasteiger partial charge in [0.2, 0.25) is 0 Å². The molecule has 5 nitrogen and oxygen atoms in total. The molecule has 1 saturated heterocycles. The van der Waals surface area contributed by atoms with E-state index < -0.39 is 0 Å². The van der Waals surface area contributed by atoms with Crippen LogP contribution < -0.4 is 16.2 Å². The first-order chi connectivity index (χ1) is 9.50. The normalized spacial score (nSPS) is 21.9. The maximum Gasteiger partial charge on any atom is 0.148 e. The van der Waals surface area contributed by atoms with Gasteiger partial charge in [-0.15, -0.1) is 0 Å². The third kappa shape index (κ3) is 2.59. The highest BCUT2D eigenvalue weighted by molar-refractivity contribution is 5.58. The molecule has 3 N–H and O–H groups in total. The van der Waals surface area contributed by atoms with Crippen molar-refractivity contribution >= 4 is 11.6 Å². The zero-order valence-corrected chi connectivity index (χ0v) is 12.7. The van der Waals surface area contributed by atoms with Gasteiger partial charge in [-0.25, -0.2) is 15.8 Å². The van der Waals surface area contributed by atoms with Crippen LogP contribution in [-0.2, 0) is 0 Å². The third-order valence-corrected chi connectivity index (χ3v) is 4.63. The Labute approximate surface area is 120 Å². The second-order valence-corrected chi connectivity index (χ2v) is 6.95. The molecule has 0 atom stereocenters. The van der Waals surface area contributed by atoms with Gasteiger partial charge in [0.1, 0.15) is 17.5 Å². The molecule has 0 bridgehead atoms. The molecule has 2 fully saturated rings. The van der Waals surface area contributed by atoms with Crippen LogP contribution in [0.15, 0.2) is 0 Å². The lowest BCUT2D eigenvalue weighted by molar-refractivity contribution is 0.279. The maximum atomic E-state index is 5.62. The van der Waals surface area contributed by atoms with E-state index in [-0.39, 0.29) is 0 Å². The summed E-state index contributed by atoms with van der Waals surface area (Å²) in [6.07, 6.45) is 4.83. The van der Waals surface area contributed by atoms with Crippen LogP contribution >= 0.6 is 0 Å². The Morgan fingerprint density at radius 2 is 1.85 bits per heavy atom. The summed E-state index contributed by atoms with van der Waals surface area (Å²) in [5, 5.41) is 0. The zero-order chi connectivity index (χ0) is 14.3. The largest absolute Gasteiger partial charge is 0.356 e. The van der Waals surface area contributed by atoms with Crippen LogP contribution in [0.3, 0.4) is 0 Å². The van der Waals surface area contributed by atoms with E-state index in [1.54, 1.807) is 0 Å². The van der Waals surface area contributed by atoms with Crippen molar-refractivity contribution in [1.82, 2.24) is 9.97 Å². The summed E-state index contributed by atoms with van der Waals surface area (Å²) in [5.74, 6) is 8.98. The van der Waals surface area contributed by atoms with Gasteiger partial charge in [-0.3, -0.25) is 0 Å². The first-order valence-corrected chi connectivity index (χ1v) is 7.60. The second-order valence-electron chi connectivity index (χ2n) is 6.95. The first kappa shape index (κ1) is 13.6. The van der Waals surface area contributed by atoms with Crippen LogP contribution in [0, 0.1) is 12.3 Å². The number of nitrogens with two attached hydrogens (primary N) is 1. The molecule has 1 aliphatic carbocycles. The molecule has 2 heterocycles. The van der Waals surface area contributed by atoms with Crippen molar-refractivity contribution in [2.75, 3.05) is 23.4 Å². The molecule has 3 rings (SSSR count). The molecule has 1 saturated carbocycles. The van der Waals surface area contributed by atoms with Crippen molar-refractivity contribution in [1.29, 1.82) is 0 Å². The molecule has 0 amide bonds. The fourth-order valence-corrected chi connectivity index (χ4v) is 2.82. The summed E-state index contributed by atoms with van der Waals surface area (Å²) in [4.78, 5) is 11.8. The van der Waals surface area contributed by atoms with Crippen molar-refractivity contribution in [3.8, 4) is 0 Å². The molecule has 1 aromatic rings. The fourth-order valence-electron chi connectivity index (χ4n) is 2.82. The molecule has 5 heteroatoms. The van der Waals surface area contributed by atoms with Crippen molar-refractivity contribution in [3.05, 3.63) is 11.4 Å². The predicted molar refractivity (Wildman–Crippen MR) is 81.8 cm³/mol. The first-order valence-electron chi connectivity index (χ1n) is 7.60. The van der Waals surface area contributed by atoms with Gasteiger partial charge >= 0.3 is 0 Å². The van der Waals surface area contributed by atoms with Gasteiger partial charge in [-0.2, -0.15) is 0 Å². The molecular weight excluding hydrogens is 250 g/mol. The van der Waals surface area contributed by atoms with E-state index in [9.17, 15) is 0 Å². The summed E-state index contributed by atoms with van der Waals surface area (Å²) in [5.41, 5.74) is 4.25. The molecule has 0 aromatic carbocycles. The van der Waals surface area contributed by atoms with Crippen LogP contribution in [0.5, 0.6) is 0 Å². The van der Waals surface area contributed by atoms with Gasteiger partial charge in [-0.05, 0) is 38.0 Å². The highest BCUT2D eigenvalue weighted by atomic mass is 15.3. The molecular formula is C15H25N5. The van der Waals surface area contributed by atoms with Crippen molar-refractivity contribution in [2.24, 2.45) is 11.3 Å². The van der Waals surface area contributed by atoms with Crippen LogP contribution in [0.4, 0.5) is 11.6 Å². The highest BCUT2D eigenvalue weighted by Gasteiger charge is 2.31. The highest BCUT2D eigenvalue weighted by Crippen LogP contribution is 2.40. The number of hydrogen-bond acceptors (Lipinski definition) is 5. The summed E-state index contributed by atoms with van der Waals surface area (Å²) in [6, 6.07) is 0. The summed E-state index contributed by atoms with van der Waals surface area (Å²) in [7, 11) is 0. The zero-order valence-electron chi connectivity index (χ0n) is 12.7. The number of rotatable bonds is 3. The molecule has 20 heavy (non-hydrogen) atoms. The molecule has 110 valence electrons. The Hall–Kier alpha value is -1.36. The van der Waals surface area contributed by atoms with E-state index in [4.69, 9.17) is 10.8 Å². The molecule has 2 aliphatic rings. The van der Waals surface area contributed by atoms with Crippen LogP contribution in [-0.4, -0.2) is 23.1 Å². The number of nitrogens with zero attached hydrogens (tertiary/aromatic N) is 3. The van der Waals surface area contributed by atoms with E-state index in [0.717, 1.165) is 36.1 Å². The van der Waals surface area contributed by atoms with Gasteiger partial charge in [0.25, 0.3) is 0 Å². The molecule has 0 radical (unpaired) electrons. The van der Waals surface area contributed by atoms with E-state index >= 15 is 0 Å². The lowest BCUT2D eigenvalue weighted by atomic mass is 9.82. The minimum atomic E-state index is 0.450. The Morgan fingerprint density at radius 3 is 2.40 bits per heavy atom. The number of hydrazine groups is 1. The van der Waals surface area contributed by atoms with Crippen molar-refractivity contribution in [3.63, 3.8) is 0 Å². The molecule has 1 aliphatic heterocycles. The smallest absolute Gasteiger partial charge is 0.148 e. The van der Waals surface area contributed by atoms with E-state index in [1.807, 2.05) is 0 Å². The average Bonchev–Trinajstić information content (AvgIpc) is 3.24. The van der Waals surface area contributed by atoms with E-state index in [1.165, 1.54) is 25.7 Å². The minimum absolute atomic E-state index is 0.450. The number of nitrogens with one attached hydrogen (secondary N) is 1. The van der Waals surface area contributed by atoms with Gasteiger partial charge < -0.3 is 10.3 Å². The summed E-state index contributed by atoms with van der Waals surface area (Å²) in [6.45, 7) is 8.89. The predicted octanol–water partition coefficient (Wildman–Crippen LogP) is 2.57. The number of nitrogen functional groups attached to an aromatic ring is 1. The number of hydrogen-bond donors (Lipinski definition) is 2. The third-order valence-electron chi connectivity index (χ3n) is 4.63. The maximum absolute atomic E-state index is 5.62. The van der Waals surface area contributed by atoms with E-state index in [0.29, 0.717) is 11.3 Å². The quantitative estimate of drug-likeness (QED) is 0.655. The van der Waals surface area contributed by atoms with Gasteiger partial charge in [0.15, 0.2) is 0 Å². The second kappa shape index (κ2) is 4.88. The number of anilines is 2. The Kier molecular flexibility index (Phi) is 3.32. The average molecular weight is 275 g/mol.